The molecule has 0 aliphatic carbocycles. The number of aryl methyl sites for hydroxylation is 1. The molecule has 0 saturated carbocycles. The van der Waals surface area contributed by atoms with Crippen LogP contribution in [0.2, 0.25) is 5.15 Å². The van der Waals surface area contributed by atoms with Gasteiger partial charge in [-0.2, -0.15) is 19.6 Å². The number of rotatable bonds is 2. The van der Waals surface area contributed by atoms with Gasteiger partial charge in [0.1, 0.15) is 28.8 Å². The minimum atomic E-state index is -0.710. The lowest BCUT2D eigenvalue weighted by atomic mass is 10.2. The monoisotopic (exact) mass is 309 g/mol. The summed E-state index contributed by atoms with van der Waals surface area (Å²) in [5.41, 5.74) is 0.568. The van der Waals surface area contributed by atoms with Gasteiger partial charge in [-0.25, -0.2) is 8.78 Å². The van der Waals surface area contributed by atoms with E-state index in [1.54, 1.807) is 13.8 Å². The van der Waals surface area contributed by atoms with Gasteiger partial charge in [0.25, 0.3) is 5.78 Å². The van der Waals surface area contributed by atoms with E-state index in [1.165, 1.54) is 23.0 Å². The molecule has 0 spiro atoms. The highest BCUT2D eigenvalue weighted by molar-refractivity contribution is 6.30. The number of hydrogen-bond acceptors (Lipinski definition) is 4. The van der Waals surface area contributed by atoms with E-state index < -0.39 is 11.6 Å². The zero-order valence-corrected chi connectivity index (χ0v) is 11.9. The number of aromatic nitrogens is 4. The second-order valence-electron chi connectivity index (χ2n) is 4.53. The molecule has 3 rings (SSSR count). The summed E-state index contributed by atoms with van der Waals surface area (Å²) in [6.07, 6.45) is 1.28. The van der Waals surface area contributed by atoms with Crippen molar-refractivity contribution in [3.8, 4) is 0 Å². The first-order valence-electron chi connectivity index (χ1n) is 6.06. The van der Waals surface area contributed by atoms with Gasteiger partial charge in [-0.1, -0.05) is 17.7 Å². The Morgan fingerprint density at radius 3 is 2.76 bits per heavy atom. The van der Waals surface area contributed by atoms with Crippen LogP contribution in [0.5, 0.6) is 0 Å². The molecule has 108 valence electrons. The third-order valence-electron chi connectivity index (χ3n) is 3.13. The van der Waals surface area contributed by atoms with E-state index in [0.717, 1.165) is 0 Å². The Morgan fingerprint density at radius 2 is 2.00 bits per heavy atom. The van der Waals surface area contributed by atoms with E-state index in [4.69, 9.17) is 11.6 Å². The van der Waals surface area contributed by atoms with Crippen molar-refractivity contribution in [3.05, 3.63) is 46.4 Å². The van der Waals surface area contributed by atoms with Crippen molar-refractivity contribution in [2.45, 2.75) is 13.8 Å². The summed E-state index contributed by atoms with van der Waals surface area (Å²) in [5, 5.41) is 6.87. The minimum Gasteiger partial charge on any atom is -0.335 e. The molecule has 2 aromatic heterocycles. The molecule has 0 amide bonds. The van der Waals surface area contributed by atoms with Crippen LogP contribution >= 0.6 is 11.6 Å². The Kier molecular flexibility index (Phi) is 3.21. The highest BCUT2D eigenvalue weighted by Crippen LogP contribution is 2.29. The summed E-state index contributed by atoms with van der Waals surface area (Å²) in [5.74, 6) is -0.832. The van der Waals surface area contributed by atoms with Crippen LogP contribution in [0.15, 0.2) is 18.5 Å². The van der Waals surface area contributed by atoms with Crippen molar-refractivity contribution in [1.82, 2.24) is 19.6 Å². The number of nitrogens with zero attached hydrogens (tertiary/aromatic N) is 4. The lowest BCUT2D eigenvalue weighted by molar-refractivity contribution is 0.584. The second-order valence-corrected chi connectivity index (χ2v) is 4.88. The average Bonchev–Trinajstić information content (AvgIpc) is 2.90. The molecule has 0 aliphatic heterocycles. The first-order valence-corrected chi connectivity index (χ1v) is 6.44. The molecule has 0 atom stereocenters. The zero-order valence-electron chi connectivity index (χ0n) is 11.2. The molecule has 3 aromatic rings. The van der Waals surface area contributed by atoms with Crippen LogP contribution in [0, 0.1) is 25.5 Å². The van der Waals surface area contributed by atoms with E-state index in [1.807, 2.05) is 0 Å². The molecule has 0 aliphatic rings. The Labute approximate surface area is 123 Å². The van der Waals surface area contributed by atoms with Crippen LogP contribution in [0.25, 0.3) is 5.78 Å². The number of hydrogen-bond donors (Lipinski definition) is 1. The van der Waals surface area contributed by atoms with Crippen LogP contribution < -0.4 is 5.32 Å². The molecule has 8 heteroatoms. The zero-order chi connectivity index (χ0) is 15.1. The summed E-state index contributed by atoms with van der Waals surface area (Å²) < 4.78 is 29.3. The Hall–Kier alpha value is -2.28. The van der Waals surface area contributed by atoms with E-state index in [0.29, 0.717) is 16.9 Å². The third kappa shape index (κ3) is 2.19. The predicted molar refractivity (Wildman–Crippen MR) is 74.9 cm³/mol. The largest absolute Gasteiger partial charge is 0.335 e. The summed E-state index contributed by atoms with van der Waals surface area (Å²) in [7, 11) is 0. The number of anilines is 2. The molecule has 0 radical (unpaired) electrons. The first kappa shape index (κ1) is 13.7. The molecule has 21 heavy (non-hydrogen) atoms. The Morgan fingerprint density at radius 1 is 1.24 bits per heavy atom. The van der Waals surface area contributed by atoms with Gasteiger partial charge in [-0.3, -0.25) is 0 Å². The number of nitrogens with one attached hydrogen (secondary N) is 1. The highest BCUT2D eigenvalue weighted by Gasteiger charge is 2.17. The van der Waals surface area contributed by atoms with E-state index in [9.17, 15) is 8.78 Å². The molecule has 2 heterocycles. The van der Waals surface area contributed by atoms with Crippen molar-refractivity contribution >= 4 is 28.9 Å². The molecule has 0 fully saturated rings. The fourth-order valence-corrected chi connectivity index (χ4v) is 2.10. The van der Waals surface area contributed by atoms with Gasteiger partial charge >= 0.3 is 0 Å². The molecular weight excluding hydrogens is 300 g/mol. The van der Waals surface area contributed by atoms with Crippen LogP contribution in [0.1, 0.15) is 11.1 Å². The van der Waals surface area contributed by atoms with Crippen LogP contribution in [-0.2, 0) is 0 Å². The molecular formula is C13H10ClF2N5. The Balaban J connectivity index is 2.21. The van der Waals surface area contributed by atoms with Gasteiger partial charge < -0.3 is 5.32 Å². The summed E-state index contributed by atoms with van der Waals surface area (Å²) >= 11 is 6.01. The molecule has 5 nitrogen and oxygen atoms in total. The molecule has 0 unspecified atom stereocenters. The number of fused-ring (bicyclic) bond motifs is 1. The first-order chi connectivity index (χ1) is 9.99. The van der Waals surface area contributed by atoms with Crippen molar-refractivity contribution < 1.29 is 8.78 Å². The fourth-order valence-electron chi connectivity index (χ4n) is 1.93. The predicted octanol–water partition coefficient (Wildman–Crippen LogP) is 3.42. The maximum atomic E-state index is 14.1. The lowest BCUT2D eigenvalue weighted by Gasteiger charge is -2.13. The molecule has 0 saturated heterocycles. The van der Waals surface area contributed by atoms with Gasteiger partial charge in [-0.05, 0) is 25.5 Å². The van der Waals surface area contributed by atoms with Gasteiger partial charge in [0, 0.05) is 5.56 Å². The maximum Gasteiger partial charge on any atom is 0.255 e. The van der Waals surface area contributed by atoms with Gasteiger partial charge in [0.2, 0.25) is 0 Å². The Bertz CT molecular complexity index is 846. The van der Waals surface area contributed by atoms with Crippen molar-refractivity contribution in [3.63, 3.8) is 0 Å². The fraction of sp³-hybridized carbons (Fsp3) is 0.154. The van der Waals surface area contributed by atoms with E-state index in [2.05, 4.69) is 20.4 Å². The quantitative estimate of drug-likeness (QED) is 0.737. The second kappa shape index (κ2) is 4.92. The van der Waals surface area contributed by atoms with E-state index in [-0.39, 0.29) is 16.6 Å². The normalized spacial score (nSPS) is 11.1. The van der Waals surface area contributed by atoms with Crippen molar-refractivity contribution in [1.29, 1.82) is 0 Å². The van der Waals surface area contributed by atoms with E-state index >= 15 is 0 Å². The SMILES string of the molecule is Cc1ccc(F)c(Nc2c(C)c(Cl)nc3ncnn23)c1F. The average molecular weight is 310 g/mol. The van der Waals surface area contributed by atoms with Gasteiger partial charge in [0.05, 0.1) is 0 Å². The van der Waals surface area contributed by atoms with Crippen LogP contribution in [-0.4, -0.2) is 19.6 Å². The highest BCUT2D eigenvalue weighted by atomic mass is 35.5. The smallest absolute Gasteiger partial charge is 0.255 e. The topological polar surface area (TPSA) is 55.1 Å². The van der Waals surface area contributed by atoms with Crippen molar-refractivity contribution in [2.24, 2.45) is 0 Å². The van der Waals surface area contributed by atoms with Crippen LogP contribution in [0.3, 0.4) is 0 Å². The molecule has 1 aromatic carbocycles. The number of benzene rings is 1. The summed E-state index contributed by atoms with van der Waals surface area (Å²) in [4.78, 5) is 7.94. The van der Waals surface area contributed by atoms with Gasteiger partial charge in [-0.15, -0.1) is 0 Å². The standard InChI is InChI=1S/C13H10ClF2N5/c1-6-3-4-8(15)10(9(6)16)19-12-7(2)11(14)20-13-17-5-18-21(12)13/h3-5,19H,1-2H3. The maximum absolute atomic E-state index is 14.1. The van der Waals surface area contributed by atoms with Crippen LogP contribution in [0.4, 0.5) is 20.3 Å². The third-order valence-corrected chi connectivity index (χ3v) is 3.50. The lowest BCUT2D eigenvalue weighted by Crippen LogP contribution is -2.08. The summed E-state index contributed by atoms with van der Waals surface area (Å²) in [6.45, 7) is 3.22. The number of halogens is 3. The minimum absolute atomic E-state index is 0.187. The molecule has 1 N–H and O–H groups in total. The van der Waals surface area contributed by atoms with Gasteiger partial charge in [0.15, 0.2) is 5.82 Å². The molecule has 0 bridgehead atoms. The summed E-state index contributed by atoms with van der Waals surface area (Å²) in [6, 6.07) is 2.56. The van der Waals surface area contributed by atoms with Crippen molar-refractivity contribution in [2.75, 3.05) is 5.32 Å².